The Hall–Kier alpha value is -2.54. The van der Waals surface area contributed by atoms with Crippen LogP contribution in [0.3, 0.4) is 0 Å². The van der Waals surface area contributed by atoms with Crippen LogP contribution in [0.4, 0.5) is 5.69 Å². The van der Waals surface area contributed by atoms with Crippen LogP contribution in [0.15, 0.2) is 91.0 Å². The number of hydrogen-bond donors (Lipinski definition) is 0. The Kier molecular flexibility index (Phi) is 3.63. The first-order chi connectivity index (χ1) is 11.4. The van der Waals surface area contributed by atoms with Gasteiger partial charge >= 0.3 is 0 Å². The van der Waals surface area contributed by atoms with Gasteiger partial charge in [-0.15, -0.1) is 0 Å². The summed E-state index contributed by atoms with van der Waals surface area (Å²) < 4.78 is 0. The van der Waals surface area contributed by atoms with E-state index in [0.717, 1.165) is 19.5 Å². The Balaban J connectivity index is 1.77. The van der Waals surface area contributed by atoms with Crippen LogP contribution in [0.25, 0.3) is 0 Å². The number of benzene rings is 3. The van der Waals surface area contributed by atoms with Gasteiger partial charge in [-0.05, 0) is 29.7 Å². The number of nitrogens with zero attached hydrogens (tertiary/aromatic N) is 1. The zero-order valence-corrected chi connectivity index (χ0v) is 13.2. The van der Waals surface area contributed by atoms with Gasteiger partial charge in [0, 0.05) is 24.2 Å². The van der Waals surface area contributed by atoms with Gasteiger partial charge in [0.15, 0.2) is 0 Å². The van der Waals surface area contributed by atoms with Crippen molar-refractivity contribution in [2.24, 2.45) is 0 Å². The molecule has 3 aromatic carbocycles. The van der Waals surface area contributed by atoms with Crippen LogP contribution in [0.1, 0.15) is 17.5 Å². The molecular weight excluding hydrogens is 278 g/mol. The van der Waals surface area contributed by atoms with Crippen molar-refractivity contribution in [1.29, 1.82) is 0 Å². The molecule has 0 bridgehead atoms. The highest BCUT2D eigenvalue weighted by Gasteiger charge is 2.41. The van der Waals surface area contributed by atoms with Crippen LogP contribution in [0.5, 0.6) is 0 Å². The van der Waals surface area contributed by atoms with Crippen LogP contribution < -0.4 is 4.90 Å². The van der Waals surface area contributed by atoms with Crippen molar-refractivity contribution in [3.05, 3.63) is 102 Å². The van der Waals surface area contributed by atoms with Crippen molar-refractivity contribution < 1.29 is 0 Å². The standard InChI is InChI=1S/C22H21N/c1-4-10-19(11-5-1)22(20-12-6-2-7-13-20)16-17-23(18-22)21-14-8-3-9-15-21/h1-15H,16-18H2. The summed E-state index contributed by atoms with van der Waals surface area (Å²) in [5.41, 5.74) is 4.24. The summed E-state index contributed by atoms with van der Waals surface area (Å²) in [6.45, 7) is 2.12. The van der Waals surface area contributed by atoms with E-state index in [2.05, 4.69) is 95.9 Å². The minimum atomic E-state index is 0.0817. The summed E-state index contributed by atoms with van der Waals surface area (Å²) in [6.07, 6.45) is 1.15. The van der Waals surface area contributed by atoms with Crippen LogP contribution in [0.2, 0.25) is 0 Å². The zero-order chi connectivity index (χ0) is 15.5. The molecule has 0 saturated carbocycles. The molecule has 0 spiro atoms. The van der Waals surface area contributed by atoms with Gasteiger partial charge < -0.3 is 4.90 Å². The maximum absolute atomic E-state index is 2.51. The first-order valence-electron chi connectivity index (χ1n) is 8.30. The number of rotatable bonds is 3. The summed E-state index contributed by atoms with van der Waals surface area (Å²) in [5.74, 6) is 0. The van der Waals surface area contributed by atoms with Gasteiger partial charge in [0.2, 0.25) is 0 Å². The van der Waals surface area contributed by atoms with E-state index in [4.69, 9.17) is 0 Å². The van der Waals surface area contributed by atoms with Crippen molar-refractivity contribution in [3.63, 3.8) is 0 Å². The van der Waals surface area contributed by atoms with Gasteiger partial charge in [-0.1, -0.05) is 78.9 Å². The molecule has 0 N–H and O–H groups in total. The van der Waals surface area contributed by atoms with Gasteiger partial charge in [0.05, 0.1) is 0 Å². The van der Waals surface area contributed by atoms with Crippen molar-refractivity contribution in [2.75, 3.05) is 18.0 Å². The van der Waals surface area contributed by atoms with Gasteiger partial charge in [0.1, 0.15) is 0 Å². The van der Waals surface area contributed by atoms with Crippen molar-refractivity contribution in [3.8, 4) is 0 Å². The van der Waals surface area contributed by atoms with Crippen LogP contribution in [-0.4, -0.2) is 13.1 Å². The molecule has 4 rings (SSSR count). The largest absolute Gasteiger partial charge is 0.370 e. The number of para-hydroxylation sites is 1. The first-order valence-corrected chi connectivity index (χ1v) is 8.30. The topological polar surface area (TPSA) is 3.24 Å². The Morgan fingerprint density at radius 1 is 0.609 bits per heavy atom. The lowest BCUT2D eigenvalue weighted by Gasteiger charge is -2.31. The minimum Gasteiger partial charge on any atom is -0.370 e. The molecule has 1 heteroatoms. The molecule has 114 valence electrons. The Labute approximate surface area is 138 Å². The predicted octanol–water partition coefficient (Wildman–Crippen LogP) is 4.88. The second-order valence-electron chi connectivity index (χ2n) is 6.32. The lowest BCUT2D eigenvalue weighted by Crippen LogP contribution is -2.32. The van der Waals surface area contributed by atoms with Gasteiger partial charge in [0.25, 0.3) is 0 Å². The minimum absolute atomic E-state index is 0.0817. The molecule has 1 fully saturated rings. The monoisotopic (exact) mass is 299 g/mol. The third kappa shape index (κ3) is 2.53. The Morgan fingerprint density at radius 2 is 1.09 bits per heavy atom. The highest BCUT2D eigenvalue weighted by Crippen LogP contribution is 2.42. The van der Waals surface area contributed by atoms with E-state index in [1.54, 1.807) is 0 Å². The molecule has 3 aromatic rings. The molecule has 23 heavy (non-hydrogen) atoms. The van der Waals surface area contributed by atoms with E-state index in [9.17, 15) is 0 Å². The van der Waals surface area contributed by atoms with E-state index in [0.29, 0.717) is 0 Å². The molecule has 1 aliphatic rings. The fourth-order valence-electron chi connectivity index (χ4n) is 3.82. The molecule has 1 saturated heterocycles. The normalized spacial score (nSPS) is 16.4. The molecule has 0 unspecified atom stereocenters. The summed E-state index contributed by atoms with van der Waals surface area (Å²) in [6, 6.07) is 32.7. The van der Waals surface area contributed by atoms with Gasteiger partial charge in [-0.2, -0.15) is 0 Å². The molecule has 0 radical (unpaired) electrons. The number of hydrogen-bond acceptors (Lipinski definition) is 1. The molecule has 1 heterocycles. The molecule has 0 amide bonds. The maximum atomic E-state index is 2.51. The smallest absolute Gasteiger partial charge is 0.0394 e. The average Bonchev–Trinajstić information content (AvgIpc) is 3.11. The van der Waals surface area contributed by atoms with Gasteiger partial charge in [-0.3, -0.25) is 0 Å². The number of anilines is 1. The molecule has 1 aliphatic heterocycles. The fourth-order valence-corrected chi connectivity index (χ4v) is 3.82. The quantitative estimate of drug-likeness (QED) is 0.666. The third-order valence-corrected chi connectivity index (χ3v) is 5.04. The second kappa shape index (κ2) is 5.92. The first kappa shape index (κ1) is 14.1. The maximum Gasteiger partial charge on any atom is 0.0394 e. The molecular formula is C22H21N. The summed E-state index contributed by atoms with van der Waals surface area (Å²) in [7, 11) is 0. The van der Waals surface area contributed by atoms with Crippen LogP contribution in [0, 0.1) is 0 Å². The average molecular weight is 299 g/mol. The Bertz CT molecular complexity index is 710. The van der Waals surface area contributed by atoms with E-state index < -0.39 is 0 Å². The molecule has 0 aliphatic carbocycles. The fraction of sp³-hybridized carbons (Fsp3) is 0.182. The van der Waals surface area contributed by atoms with Crippen molar-refractivity contribution in [2.45, 2.75) is 11.8 Å². The second-order valence-corrected chi connectivity index (χ2v) is 6.32. The Morgan fingerprint density at radius 3 is 1.61 bits per heavy atom. The van der Waals surface area contributed by atoms with E-state index >= 15 is 0 Å². The highest BCUT2D eigenvalue weighted by atomic mass is 15.2. The molecule has 0 aromatic heterocycles. The highest BCUT2D eigenvalue weighted by molar-refractivity contribution is 5.52. The SMILES string of the molecule is c1ccc(N2CCC(c3ccccc3)(c3ccccc3)C2)cc1. The van der Waals surface area contributed by atoms with E-state index in [1.807, 2.05) is 0 Å². The lowest BCUT2D eigenvalue weighted by atomic mass is 9.74. The lowest BCUT2D eigenvalue weighted by molar-refractivity contribution is 0.577. The summed E-state index contributed by atoms with van der Waals surface area (Å²) >= 11 is 0. The van der Waals surface area contributed by atoms with Crippen LogP contribution >= 0.6 is 0 Å². The molecule has 1 nitrogen and oxygen atoms in total. The summed E-state index contributed by atoms with van der Waals surface area (Å²) in [5, 5.41) is 0. The van der Waals surface area contributed by atoms with Crippen LogP contribution in [-0.2, 0) is 5.41 Å². The zero-order valence-electron chi connectivity index (χ0n) is 13.2. The molecule has 0 atom stereocenters. The van der Waals surface area contributed by atoms with Crippen molar-refractivity contribution in [1.82, 2.24) is 0 Å². The van der Waals surface area contributed by atoms with E-state index in [-0.39, 0.29) is 5.41 Å². The predicted molar refractivity (Wildman–Crippen MR) is 96.9 cm³/mol. The third-order valence-electron chi connectivity index (χ3n) is 5.04. The van der Waals surface area contributed by atoms with Gasteiger partial charge in [-0.25, -0.2) is 0 Å². The van der Waals surface area contributed by atoms with Crippen molar-refractivity contribution >= 4 is 5.69 Å². The summed E-state index contributed by atoms with van der Waals surface area (Å²) in [4.78, 5) is 2.51. The van der Waals surface area contributed by atoms with E-state index in [1.165, 1.54) is 16.8 Å².